The Hall–Kier alpha value is -1.98. The van der Waals surface area contributed by atoms with Crippen molar-refractivity contribution >= 4 is 11.5 Å². The number of carbonyl (C=O) groups excluding carboxylic acids is 1. The molecule has 1 N–H and O–H groups in total. The second kappa shape index (κ2) is 3.41. The lowest BCUT2D eigenvalue weighted by Crippen LogP contribution is -2.03. The van der Waals surface area contributed by atoms with Crippen molar-refractivity contribution in [3.8, 4) is 5.75 Å². The van der Waals surface area contributed by atoms with Crippen LogP contribution in [-0.4, -0.2) is 15.8 Å². The Labute approximate surface area is 77.9 Å². The molecule has 0 unspecified atom stereocenters. The number of nitrogens with zero attached hydrogens (tertiary/aromatic N) is 1. The first-order chi connectivity index (χ1) is 6.45. The fourth-order valence-corrected chi connectivity index (χ4v) is 1.08. The Kier molecular flexibility index (Phi) is 2.46. The first kappa shape index (κ1) is 10.1. The number of benzene rings is 1. The van der Waals surface area contributed by atoms with Gasteiger partial charge in [0.2, 0.25) is 0 Å². The van der Waals surface area contributed by atoms with Crippen LogP contribution in [-0.2, 0) is 0 Å². The van der Waals surface area contributed by atoms with Crippen LogP contribution in [0.15, 0.2) is 12.1 Å². The Balaban J connectivity index is 3.58. The molecule has 0 amide bonds. The molecule has 0 fully saturated rings. The highest BCUT2D eigenvalue weighted by Crippen LogP contribution is 2.31. The van der Waals surface area contributed by atoms with E-state index in [2.05, 4.69) is 0 Å². The van der Waals surface area contributed by atoms with Crippen molar-refractivity contribution in [1.29, 1.82) is 0 Å². The molecule has 0 aliphatic rings. The van der Waals surface area contributed by atoms with E-state index in [0.717, 1.165) is 19.1 Å². The molecule has 0 radical (unpaired) electrons. The zero-order valence-corrected chi connectivity index (χ0v) is 7.15. The smallest absolute Gasteiger partial charge is 0.324 e. The molecule has 1 aromatic carbocycles. The van der Waals surface area contributed by atoms with Gasteiger partial charge in [0.1, 0.15) is 11.4 Å². The predicted molar refractivity (Wildman–Crippen MR) is 44.7 cm³/mol. The third-order valence-electron chi connectivity index (χ3n) is 1.64. The van der Waals surface area contributed by atoms with E-state index in [1.165, 1.54) is 0 Å². The molecule has 1 aromatic rings. The SMILES string of the molecule is CC(=O)c1c(F)ccc(O)c1[N+](=O)[O-]. The maximum absolute atomic E-state index is 13.0. The first-order valence-corrected chi connectivity index (χ1v) is 3.62. The van der Waals surface area contributed by atoms with Crippen LogP contribution < -0.4 is 0 Å². The van der Waals surface area contributed by atoms with Gasteiger partial charge < -0.3 is 5.11 Å². The summed E-state index contributed by atoms with van der Waals surface area (Å²) in [7, 11) is 0. The van der Waals surface area contributed by atoms with Gasteiger partial charge in [0.25, 0.3) is 0 Å². The molecular formula is C8H6FNO4. The average Bonchev–Trinajstić information content (AvgIpc) is 2.07. The third-order valence-corrected chi connectivity index (χ3v) is 1.64. The number of rotatable bonds is 2. The van der Waals surface area contributed by atoms with Crippen LogP contribution in [0.5, 0.6) is 5.75 Å². The van der Waals surface area contributed by atoms with Gasteiger partial charge in [0.15, 0.2) is 11.5 Å². The summed E-state index contributed by atoms with van der Waals surface area (Å²) >= 11 is 0. The molecular weight excluding hydrogens is 193 g/mol. The fraction of sp³-hybridized carbons (Fsp3) is 0.125. The minimum atomic E-state index is -1.01. The summed E-state index contributed by atoms with van der Waals surface area (Å²) in [6.07, 6.45) is 0. The lowest BCUT2D eigenvalue weighted by Gasteiger charge is -2.01. The topological polar surface area (TPSA) is 80.4 Å². The maximum atomic E-state index is 13.0. The predicted octanol–water partition coefficient (Wildman–Crippen LogP) is 1.64. The number of phenols is 1. The van der Waals surface area contributed by atoms with Crippen LogP contribution in [0.2, 0.25) is 0 Å². The van der Waals surface area contributed by atoms with E-state index in [1.807, 2.05) is 0 Å². The van der Waals surface area contributed by atoms with Crippen LogP contribution in [0.4, 0.5) is 10.1 Å². The van der Waals surface area contributed by atoms with E-state index < -0.39 is 33.5 Å². The largest absolute Gasteiger partial charge is 0.502 e. The Morgan fingerprint density at radius 2 is 2.14 bits per heavy atom. The summed E-state index contributed by atoms with van der Waals surface area (Å²) in [4.78, 5) is 20.3. The quantitative estimate of drug-likeness (QED) is 0.446. The Bertz CT molecular complexity index is 377. The van der Waals surface area contributed by atoms with Crippen molar-refractivity contribution in [2.24, 2.45) is 0 Å². The van der Waals surface area contributed by atoms with Crippen molar-refractivity contribution in [3.05, 3.63) is 33.6 Å². The number of phenolic OH excluding ortho intramolecular Hbond substituents is 1. The van der Waals surface area contributed by atoms with Crippen LogP contribution >= 0.6 is 0 Å². The number of halogens is 1. The summed E-state index contributed by atoms with van der Waals surface area (Å²) in [5, 5.41) is 19.5. The summed E-state index contributed by atoms with van der Waals surface area (Å²) in [5.74, 6) is -2.53. The number of hydrogen-bond acceptors (Lipinski definition) is 4. The van der Waals surface area contributed by atoms with Gasteiger partial charge in [0, 0.05) is 0 Å². The van der Waals surface area contributed by atoms with E-state index >= 15 is 0 Å². The Morgan fingerprint density at radius 3 is 2.50 bits per heavy atom. The standard InChI is InChI=1S/C8H6FNO4/c1-4(11)7-5(9)2-3-6(12)8(7)10(13)14/h2-3,12H,1H3. The van der Waals surface area contributed by atoms with Crippen LogP contribution in [0, 0.1) is 15.9 Å². The molecule has 0 saturated heterocycles. The van der Waals surface area contributed by atoms with E-state index in [9.17, 15) is 19.3 Å². The second-order valence-corrected chi connectivity index (χ2v) is 2.60. The van der Waals surface area contributed by atoms with Crippen LogP contribution in [0.3, 0.4) is 0 Å². The molecule has 74 valence electrons. The van der Waals surface area contributed by atoms with Gasteiger partial charge in [-0.1, -0.05) is 0 Å². The molecule has 0 saturated carbocycles. The summed E-state index contributed by atoms with van der Waals surface area (Å²) in [6.45, 7) is 0.991. The molecule has 0 aliphatic carbocycles. The molecule has 1 rings (SSSR count). The van der Waals surface area contributed by atoms with Crippen molar-refractivity contribution < 1.29 is 19.2 Å². The highest BCUT2D eigenvalue weighted by atomic mass is 19.1. The monoisotopic (exact) mass is 199 g/mol. The van der Waals surface area contributed by atoms with Gasteiger partial charge in [-0.25, -0.2) is 4.39 Å². The van der Waals surface area contributed by atoms with Gasteiger partial charge in [-0.05, 0) is 19.1 Å². The van der Waals surface area contributed by atoms with Crippen LogP contribution in [0.25, 0.3) is 0 Å². The molecule has 0 aliphatic heterocycles. The number of nitro groups is 1. The van der Waals surface area contributed by atoms with Crippen molar-refractivity contribution in [3.63, 3.8) is 0 Å². The lowest BCUT2D eigenvalue weighted by molar-refractivity contribution is -0.386. The minimum absolute atomic E-state index is 0.699. The molecule has 0 spiro atoms. The van der Waals surface area contributed by atoms with Gasteiger partial charge in [0.05, 0.1) is 4.92 Å². The fourth-order valence-electron chi connectivity index (χ4n) is 1.08. The second-order valence-electron chi connectivity index (χ2n) is 2.60. The van der Waals surface area contributed by atoms with Gasteiger partial charge in [-0.2, -0.15) is 0 Å². The molecule has 0 heterocycles. The molecule has 0 aromatic heterocycles. The van der Waals surface area contributed by atoms with Crippen LogP contribution in [0.1, 0.15) is 17.3 Å². The number of carbonyl (C=O) groups is 1. The number of aromatic hydroxyl groups is 1. The van der Waals surface area contributed by atoms with Crippen molar-refractivity contribution in [2.75, 3.05) is 0 Å². The number of hydrogen-bond donors (Lipinski definition) is 1. The Morgan fingerprint density at radius 1 is 1.57 bits per heavy atom. The van der Waals surface area contributed by atoms with E-state index in [1.54, 1.807) is 0 Å². The van der Waals surface area contributed by atoms with Gasteiger partial charge in [-0.15, -0.1) is 0 Å². The number of Topliss-reactive ketones (excluding diaryl/α,β-unsaturated/α-hetero) is 1. The number of ketones is 1. The summed E-state index contributed by atoms with van der Waals surface area (Å²) < 4.78 is 13.0. The molecule has 0 bridgehead atoms. The molecule has 6 heteroatoms. The molecule has 0 atom stereocenters. The first-order valence-electron chi connectivity index (χ1n) is 3.62. The van der Waals surface area contributed by atoms with E-state index in [4.69, 9.17) is 5.11 Å². The average molecular weight is 199 g/mol. The van der Waals surface area contributed by atoms with Gasteiger partial charge in [-0.3, -0.25) is 14.9 Å². The van der Waals surface area contributed by atoms with E-state index in [0.29, 0.717) is 0 Å². The van der Waals surface area contributed by atoms with Crippen molar-refractivity contribution in [2.45, 2.75) is 6.92 Å². The highest BCUT2D eigenvalue weighted by molar-refractivity contribution is 5.99. The van der Waals surface area contributed by atoms with Gasteiger partial charge >= 0.3 is 5.69 Å². The van der Waals surface area contributed by atoms with E-state index in [-0.39, 0.29) is 0 Å². The van der Waals surface area contributed by atoms with Crippen molar-refractivity contribution in [1.82, 2.24) is 0 Å². The summed E-state index contributed by atoms with van der Waals surface area (Å²) in [6, 6.07) is 1.64. The summed E-state index contributed by atoms with van der Waals surface area (Å²) in [5.41, 5.74) is -1.59. The maximum Gasteiger partial charge on any atom is 0.324 e. The zero-order chi connectivity index (χ0) is 10.9. The zero-order valence-electron chi connectivity index (χ0n) is 7.15. The molecule has 14 heavy (non-hydrogen) atoms. The highest BCUT2D eigenvalue weighted by Gasteiger charge is 2.26. The normalized spacial score (nSPS) is 9.86. The lowest BCUT2D eigenvalue weighted by atomic mass is 10.1. The number of nitro benzene ring substituents is 1. The third kappa shape index (κ3) is 1.54. The minimum Gasteiger partial charge on any atom is -0.502 e. The molecule has 5 nitrogen and oxygen atoms in total.